The topological polar surface area (TPSA) is 67.6 Å². The number of carbonyl (C=O) groups is 1. The van der Waals surface area contributed by atoms with Crippen LogP contribution in [0.15, 0.2) is 4.52 Å². The van der Waals surface area contributed by atoms with Crippen LogP contribution in [-0.2, 0) is 4.74 Å². The highest BCUT2D eigenvalue weighted by molar-refractivity contribution is 5.68. The summed E-state index contributed by atoms with van der Waals surface area (Å²) in [7, 11) is 0. The van der Waals surface area contributed by atoms with Gasteiger partial charge in [-0.15, -0.1) is 0 Å². The minimum absolute atomic E-state index is 0.148. The molecule has 0 saturated carbocycles. The van der Waals surface area contributed by atoms with Crippen molar-refractivity contribution in [3.05, 3.63) is 17.0 Å². The number of carbonyl (C=O) groups excluding carboxylic acids is 1. The number of aryl methyl sites for hydroxylation is 2. The van der Waals surface area contributed by atoms with E-state index in [4.69, 9.17) is 9.26 Å². The van der Waals surface area contributed by atoms with E-state index in [0.717, 1.165) is 30.0 Å². The number of ether oxygens (including phenoxy) is 1. The maximum absolute atomic E-state index is 12.1. The van der Waals surface area contributed by atoms with Gasteiger partial charge >= 0.3 is 6.09 Å². The number of likely N-dealkylation sites (tertiary alicyclic amines) is 1. The van der Waals surface area contributed by atoms with Gasteiger partial charge in [0.25, 0.3) is 0 Å². The lowest BCUT2D eigenvalue weighted by Crippen LogP contribution is -2.39. The average Bonchev–Trinajstić information content (AvgIpc) is 2.94. The zero-order valence-electron chi connectivity index (χ0n) is 14.4. The fourth-order valence-electron chi connectivity index (χ4n) is 2.93. The lowest BCUT2D eigenvalue weighted by atomic mass is 10.1. The van der Waals surface area contributed by atoms with Crippen molar-refractivity contribution in [2.75, 3.05) is 13.1 Å². The lowest BCUT2D eigenvalue weighted by Gasteiger charge is -2.25. The molecule has 0 bridgehead atoms. The molecule has 1 aromatic heterocycles. The number of nitrogens with one attached hydrogen (secondary N) is 1. The second-order valence-electron chi connectivity index (χ2n) is 7.04. The van der Waals surface area contributed by atoms with Gasteiger partial charge in [0.1, 0.15) is 11.4 Å². The van der Waals surface area contributed by atoms with Gasteiger partial charge in [0, 0.05) is 30.7 Å². The molecule has 1 aromatic rings. The van der Waals surface area contributed by atoms with Crippen LogP contribution in [0, 0.1) is 13.8 Å². The minimum Gasteiger partial charge on any atom is -0.444 e. The summed E-state index contributed by atoms with van der Waals surface area (Å²) in [6.07, 6.45) is 0.689. The molecule has 0 aliphatic carbocycles. The predicted molar refractivity (Wildman–Crippen MR) is 83.7 cm³/mol. The van der Waals surface area contributed by atoms with E-state index in [1.54, 1.807) is 4.90 Å². The van der Waals surface area contributed by atoms with E-state index in [0.29, 0.717) is 6.54 Å². The normalized spacial score (nSPS) is 20.3. The zero-order valence-corrected chi connectivity index (χ0v) is 14.4. The second kappa shape index (κ2) is 6.28. The Morgan fingerprint density at radius 2 is 2.14 bits per heavy atom. The van der Waals surface area contributed by atoms with Crippen molar-refractivity contribution >= 4 is 6.09 Å². The Labute approximate surface area is 132 Å². The Morgan fingerprint density at radius 3 is 2.68 bits per heavy atom. The third kappa shape index (κ3) is 4.00. The first-order chi connectivity index (χ1) is 10.2. The van der Waals surface area contributed by atoms with Gasteiger partial charge in [-0.05, 0) is 48.0 Å². The summed E-state index contributed by atoms with van der Waals surface area (Å²) < 4.78 is 10.6. The molecule has 1 amide bonds. The molecule has 2 heterocycles. The SMILES string of the molecule is Cc1noc(C)c1C(C)NC1CCN(C(=O)OC(C)(C)C)C1. The smallest absolute Gasteiger partial charge is 0.410 e. The molecule has 2 unspecified atom stereocenters. The fraction of sp³-hybridized carbons (Fsp3) is 0.750. The largest absolute Gasteiger partial charge is 0.444 e. The van der Waals surface area contributed by atoms with E-state index >= 15 is 0 Å². The van der Waals surface area contributed by atoms with E-state index in [1.807, 2.05) is 34.6 Å². The molecule has 1 aliphatic heterocycles. The Kier molecular flexibility index (Phi) is 4.80. The summed E-state index contributed by atoms with van der Waals surface area (Å²) >= 11 is 0. The maximum atomic E-state index is 12.1. The van der Waals surface area contributed by atoms with Crippen molar-refractivity contribution < 1.29 is 14.1 Å². The Balaban J connectivity index is 1.90. The molecular formula is C16H27N3O3. The molecular weight excluding hydrogens is 282 g/mol. The number of aromatic nitrogens is 1. The van der Waals surface area contributed by atoms with Crippen molar-refractivity contribution in [2.24, 2.45) is 0 Å². The molecule has 22 heavy (non-hydrogen) atoms. The first kappa shape index (κ1) is 16.8. The summed E-state index contributed by atoms with van der Waals surface area (Å²) in [4.78, 5) is 13.8. The van der Waals surface area contributed by atoms with Crippen LogP contribution < -0.4 is 5.32 Å². The molecule has 2 rings (SSSR count). The molecule has 1 aliphatic rings. The number of hydrogen-bond donors (Lipinski definition) is 1. The van der Waals surface area contributed by atoms with Crippen molar-refractivity contribution in [1.29, 1.82) is 0 Å². The van der Waals surface area contributed by atoms with Gasteiger partial charge < -0.3 is 19.5 Å². The highest BCUT2D eigenvalue weighted by Gasteiger charge is 2.31. The monoisotopic (exact) mass is 309 g/mol. The van der Waals surface area contributed by atoms with E-state index in [2.05, 4.69) is 17.4 Å². The van der Waals surface area contributed by atoms with Crippen LogP contribution >= 0.6 is 0 Å². The number of amides is 1. The Morgan fingerprint density at radius 1 is 1.45 bits per heavy atom. The summed E-state index contributed by atoms with van der Waals surface area (Å²) in [5, 5.41) is 7.56. The van der Waals surface area contributed by atoms with Crippen LogP contribution in [0.5, 0.6) is 0 Å². The molecule has 124 valence electrons. The van der Waals surface area contributed by atoms with Gasteiger partial charge in [0.15, 0.2) is 0 Å². The van der Waals surface area contributed by atoms with Gasteiger partial charge in [0.05, 0.1) is 5.69 Å². The van der Waals surface area contributed by atoms with Gasteiger partial charge in [-0.2, -0.15) is 0 Å². The third-order valence-corrected chi connectivity index (χ3v) is 3.85. The van der Waals surface area contributed by atoms with E-state index in [9.17, 15) is 4.79 Å². The first-order valence-corrected chi connectivity index (χ1v) is 7.84. The zero-order chi connectivity index (χ0) is 16.5. The van der Waals surface area contributed by atoms with Gasteiger partial charge in [-0.25, -0.2) is 4.79 Å². The molecule has 0 spiro atoms. The van der Waals surface area contributed by atoms with Gasteiger partial charge in [-0.3, -0.25) is 0 Å². The van der Waals surface area contributed by atoms with Crippen LogP contribution in [-0.4, -0.2) is 40.9 Å². The fourth-order valence-corrected chi connectivity index (χ4v) is 2.93. The summed E-state index contributed by atoms with van der Waals surface area (Å²) in [6.45, 7) is 13.0. The third-order valence-electron chi connectivity index (χ3n) is 3.85. The summed E-state index contributed by atoms with van der Waals surface area (Å²) in [5.41, 5.74) is 1.57. The number of nitrogens with zero attached hydrogens (tertiary/aromatic N) is 2. The van der Waals surface area contributed by atoms with Crippen molar-refractivity contribution in [3.63, 3.8) is 0 Å². The molecule has 0 aromatic carbocycles. The van der Waals surface area contributed by atoms with E-state index in [1.165, 1.54) is 0 Å². The standard InChI is InChI=1S/C16H27N3O3/c1-10(14-11(2)18-22-12(14)3)17-13-7-8-19(9-13)15(20)21-16(4,5)6/h10,13,17H,7-9H2,1-6H3. The quantitative estimate of drug-likeness (QED) is 0.929. The van der Waals surface area contributed by atoms with Gasteiger partial charge in [0.2, 0.25) is 0 Å². The summed E-state index contributed by atoms with van der Waals surface area (Å²) in [6, 6.07) is 0.408. The van der Waals surface area contributed by atoms with Crippen molar-refractivity contribution in [3.8, 4) is 0 Å². The van der Waals surface area contributed by atoms with Crippen LogP contribution in [0.2, 0.25) is 0 Å². The maximum Gasteiger partial charge on any atom is 0.410 e. The molecule has 6 nitrogen and oxygen atoms in total. The minimum atomic E-state index is -0.452. The lowest BCUT2D eigenvalue weighted by molar-refractivity contribution is 0.0290. The van der Waals surface area contributed by atoms with E-state index in [-0.39, 0.29) is 18.2 Å². The Bertz CT molecular complexity index is 514. The number of hydrogen-bond acceptors (Lipinski definition) is 5. The van der Waals surface area contributed by atoms with Crippen molar-refractivity contribution in [1.82, 2.24) is 15.4 Å². The van der Waals surface area contributed by atoms with Crippen LogP contribution in [0.1, 0.15) is 57.2 Å². The van der Waals surface area contributed by atoms with Crippen LogP contribution in [0.4, 0.5) is 4.79 Å². The first-order valence-electron chi connectivity index (χ1n) is 7.84. The molecule has 1 fully saturated rings. The second-order valence-corrected chi connectivity index (χ2v) is 7.04. The predicted octanol–water partition coefficient (Wildman–Crippen LogP) is 2.95. The Hall–Kier alpha value is -1.56. The van der Waals surface area contributed by atoms with E-state index < -0.39 is 5.60 Å². The molecule has 2 atom stereocenters. The summed E-state index contributed by atoms with van der Waals surface area (Å²) in [5.74, 6) is 0.847. The molecule has 6 heteroatoms. The van der Waals surface area contributed by atoms with Gasteiger partial charge in [-0.1, -0.05) is 5.16 Å². The van der Waals surface area contributed by atoms with Crippen LogP contribution in [0.3, 0.4) is 0 Å². The average molecular weight is 309 g/mol. The van der Waals surface area contributed by atoms with Crippen molar-refractivity contribution in [2.45, 2.75) is 65.6 Å². The molecule has 1 N–H and O–H groups in total. The van der Waals surface area contributed by atoms with Crippen LogP contribution in [0.25, 0.3) is 0 Å². The highest BCUT2D eigenvalue weighted by Crippen LogP contribution is 2.23. The molecule has 1 saturated heterocycles. The highest BCUT2D eigenvalue weighted by atomic mass is 16.6. The number of rotatable bonds is 3. The molecule has 0 radical (unpaired) electrons.